The maximum Gasteiger partial charge on any atom is 0.158 e. The zero-order chi connectivity index (χ0) is 9.52. The van der Waals surface area contributed by atoms with Gasteiger partial charge in [-0.1, -0.05) is 0 Å². The Hall–Kier alpha value is -0.740. The van der Waals surface area contributed by atoms with Crippen LogP contribution in [-0.2, 0) is 9.47 Å². The van der Waals surface area contributed by atoms with E-state index in [0.717, 1.165) is 11.7 Å². The van der Waals surface area contributed by atoms with Gasteiger partial charge in [0, 0.05) is 13.2 Å². The van der Waals surface area contributed by atoms with Gasteiger partial charge in [-0.05, 0) is 19.9 Å². The Balaban J connectivity index is 2.24. The standard InChI is InChI=1S/C9H15N2O2/c1-3-12-6-8-5-9(11-10-8)7-13-4-2/h5H,3-4,6-7H2,1-2H3. The minimum absolute atomic E-state index is 0.537. The highest BCUT2D eigenvalue weighted by molar-refractivity contribution is 5.20. The van der Waals surface area contributed by atoms with Crippen LogP contribution >= 0.6 is 0 Å². The van der Waals surface area contributed by atoms with E-state index < -0.39 is 0 Å². The molecule has 0 aliphatic carbocycles. The summed E-state index contributed by atoms with van der Waals surface area (Å²) < 4.78 is 10.4. The quantitative estimate of drug-likeness (QED) is 0.631. The monoisotopic (exact) mass is 183 g/mol. The molecular weight excluding hydrogens is 168 g/mol. The molecule has 0 aromatic carbocycles. The molecule has 1 aliphatic rings. The Morgan fingerprint density at radius 2 is 1.77 bits per heavy atom. The van der Waals surface area contributed by atoms with E-state index in [1.807, 2.05) is 19.9 Å². The van der Waals surface area contributed by atoms with Gasteiger partial charge in [-0.2, -0.15) is 10.2 Å². The predicted molar refractivity (Wildman–Crippen MR) is 49.2 cm³/mol. The van der Waals surface area contributed by atoms with Gasteiger partial charge in [-0.15, -0.1) is 0 Å². The summed E-state index contributed by atoms with van der Waals surface area (Å²) in [7, 11) is 0. The third-order valence-electron chi connectivity index (χ3n) is 1.55. The smallest absolute Gasteiger partial charge is 0.158 e. The molecule has 0 aromatic rings. The van der Waals surface area contributed by atoms with Gasteiger partial charge in [0.25, 0.3) is 0 Å². The molecule has 0 spiro atoms. The SMILES string of the molecule is CCOC[C]1C=C(COCC)N=N1. The Labute approximate surface area is 78.6 Å². The van der Waals surface area contributed by atoms with Crippen LogP contribution in [0.25, 0.3) is 0 Å². The van der Waals surface area contributed by atoms with Crippen LogP contribution in [0.2, 0.25) is 0 Å². The molecule has 0 bridgehead atoms. The summed E-state index contributed by atoms with van der Waals surface area (Å²) in [6, 6.07) is 0.872. The molecular formula is C9H15N2O2. The number of azo groups is 1. The Bertz CT molecular complexity index is 202. The summed E-state index contributed by atoms with van der Waals surface area (Å²) >= 11 is 0. The third kappa shape index (κ3) is 3.65. The first kappa shape index (κ1) is 10.3. The molecule has 1 heterocycles. The maximum atomic E-state index is 5.19. The van der Waals surface area contributed by atoms with Crippen molar-refractivity contribution in [3.05, 3.63) is 17.8 Å². The molecule has 1 radical (unpaired) electrons. The van der Waals surface area contributed by atoms with Crippen LogP contribution in [0.3, 0.4) is 0 Å². The first-order valence-electron chi connectivity index (χ1n) is 4.50. The minimum atomic E-state index is 0.537. The Kier molecular flexibility index (Phi) is 4.64. The zero-order valence-corrected chi connectivity index (χ0v) is 8.12. The molecule has 13 heavy (non-hydrogen) atoms. The number of nitrogens with zero attached hydrogens (tertiary/aromatic N) is 2. The van der Waals surface area contributed by atoms with Crippen LogP contribution in [0.15, 0.2) is 22.0 Å². The fourth-order valence-electron chi connectivity index (χ4n) is 0.933. The van der Waals surface area contributed by atoms with Gasteiger partial charge in [0.1, 0.15) is 0 Å². The summed E-state index contributed by atoms with van der Waals surface area (Å²) in [5, 5.41) is 7.90. The van der Waals surface area contributed by atoms with E-state index in [1.165, 1.54) is 0 Å². The fraction of sp³-hybridized carbons (Fsp3) is 0.667. The lowest BCUT2D eigenvalue weighted by Crippen LogP contribution is -2.00. The zero-order valence-electron chi connectivity index (χ0n) is 8.12. The van der Waals surface area contributed by atoms with Crippen molar-refractivity contribution in [2.24, 2.45) is 10.2 Å². The van der Waals surface area contributed by atoms with Crippen molar-refractivity contribution in [3.8, 4) is 0 Å². The lowest BCUT2D eigenvalue weighted by Gasteiger charge is -2.00. The summed E-state index contributed by atoms with van der Waals surface area (Å²) in [6.45, 7) is 6.39. The van der Waals surface area contributed by atoms with Gasteiger partial charge >= 0.3 is 0 Å². The van der Waals surface area contributed by atoms with Crippen molar-refractivity contribution in [3.63, 3.8) is 0 Å². The molecule has 73 valence electrons. The molecule has 0 amide bonds. The van der Waals surface area contributed by atoms with E-state index in [0.29, 0.717) is 26.4 Å². The first-order valence-corrected chi connectivity index (χ1v) is 4.50. The van der Waals surface area contributed by atoms with E-state index in [4.69, 9.17) is 9.47 Å². The molecule has 1 rings (SSSR count). The fourth-order valence-corrected chi connectivity index (χ4v) is 0.933. The van der Waals surface area contributed by atoms with Gasteiger partial charge in [-0.3, -0.25) is 0 Å². The van der Waals surface area contributed by atoms with Crippen molar-refractivity contribution in [2.75, 3.05) is 26.4 Å². The van der Waals surface area contributed by atoms with Crippen LogP contribution in [0.5, 0.6) is 0 Å². The average Bonchev–Trinajstić information content (AvgIpc) is 2.59. The van der Waals surface area contributed by atoms with Crippen molar-refractivity contribution >= 4 is 0 Å². The highest BCUT2D eigenvalue weighted by Gasteiger charge is 2.13. The van der Waals surface area contributed by atoms with Crippen molar-refractivity contribution in [1.29, 1.82) is 0 Å². The molecule has 4 heteroatoms. The molecule has 0 saturated carbocycles. The summed E-state index contributed by atoms with van der Waals surface area (Å²) in [4.78, 5) is 0. The molecule has 0 aromatic heterocycles. The summed E-state index contributed by atoms with van der Waals surface area (Å²) in [5.41, 5.74) is 0.872. The average molecular weight is 183 g/mol. The van der Waals surface area contributed by atoms with Gasteiger partial charge in [-0.25, -0.2) is 0 Å². The topological polar surface area (TPSA) is 43.2 Å². The van der Waals surface area contributed by atoms with Gasteiger partial charge in [0.2, 0.25) is 0 Å². The van der Waals surface area contributed by atoms with Gasteiger partial charge in [0.15, 0.2) is 6.04 Å². The first-order chi connectivity index (χ1) is 6.36. The predicted octanol–water partition coefficient (Wildman–Crippen LogP) is 1.94. The van der Waals surface area contributed by atoms with Crippen LogP contribution in [0.4, 0.5) is 0 Å². The minimum Gasteiger partial charge on any atom is -0.379 e. The molecule has 0 atom stereocenters. The van der Waals surface area contributed by atoms with E-state index in [1.54, 1.807) is 0 Å². The number of rotatable bonds is 6. The summed E-state index contributed by atoms with van der Waals surface area (Å²) in [5.74, 6) is 0. The number of ether oxygens (including phenoxy) is 2. The lowest BCUT2D eigenvalue weighted by atomic mass is 10.3. The highest BCUT2D eigenvalue weighted by Crippen LogP contribution is 2.18. The van der Waals surface area contributed by atoms with Gasteiger partial charge < -0.3 is 9.47 Å². The van der Waals surface area contributed by atoms with E-state index in [-0.39, 0.29) is 0 Å². The molecule has 0 unspecified atom stereocenters. The molecule has 1 aliphatic heterocycles. The van der Waals surface area contributed by atoms with E-state index in [2.05, 4.69) is 10.2 Å². The Morgan fingerprint density at radius 3 is 2.46 bits per heavy atom. The largest absolute Gasteiger partial charge is 0.379 e. The Morgan fingerprint density at radius 1 is 1.08 bits per heavy atom. The molecule has 4 nitrogen and oxygen atoms in total. The summed E-state index contributed by atoms with van der Waals surface area (Å²) in [6.07, 6.45) is 1.91. The highest BCUT2D eigenvalue weighted by atomic mass is 16.5. The number of hydrogen-bond donors (Lipinski definition) is 0. The second-order valence-electron chi connectivity index (χ2n) is 2.60. The molecule has 0 N–H and O–H groups in total. The second-order valence-corrected chi connectivity index (χ2v) is 2.60. The number of hydrogen-bond acceptors (Lipinski definition) is 4. The van der Waals surface area contributed by atoms with Crippen LogP contribution < -0.4 is 0 Å². The lowest BCUT2D eigenvalue weighted by molar-refractivity contribution is 0.160. The van der Waals surface area contributed by atoms with Crippen LogP contribution in [0.1, 0.15) is 13.8 Å². The van der Waals surface area contributed by atoms with Crippen molar-refractivity contribution in [1.82, 2.24) is 0 Å². The maximum absolute atomic E-state index is 5.19. The third-order valence-corrected chi connectivity index (χ3v) is 1.55. The van der Waals surface area contributed by atoms with Gasteiger partial charge in [0.05, 0.1) is 18.9 Å². The van der Waals surface area contributed by atoms with Crippen LogP contribution in [-0.4, -0.2) is 26.4 Å². The van der Waals surface area contributed by atoms with E-state index in [9.17, 15) is 0 Å². The van der Waals surface area contributed by atoms with E-state index >= 15 is 0 Å². The van der Waals surface area contributed by atoms with Crippen molar-refractivity contribution in [2.45, 2.75) is 13.8 Å². The molecule has 0 fully saturated rings. The second kappa shape index (κ2) is 5.83. The van der Waals surface area contributed by atoms with Crippen molar-refractivity contribution < 1.29 is 9.47 Å². The van der Waals surface area contributed by atoms with Crippen LogP contribution in [0, 0.1) is 6.04 Å². The normalized spacial score (nSPS) is 16.6. The molecule has 0 saturated heterocycles.